The molecule has 94 valence electrons. The summed E-state index contributed by atoms with van der Waals surface area (Å²) in [5, 5.41) is 9.63. The number of hydrogen-bond donors (Lipinski definition) is 1. The quantitative estimate of drug-likeness (QED) is 0.797. The fourth-order valence-corrected chi connectivity index (χ4v) is 1.32. The molecule has 0 aromatic heterocycles. The van der Waals surface area contributed by atoms with Crippen molar-refractivity contribution in [3.63, 3.8) is 0 Å². The molecule has 17 heavy (non-hydrogen) atoms. The molecule has 1 aromatic rings. The highest BCUT2D eigenvalue weighted by Crippen LogP contribution is 2.22. The first-order valence-corrected chi connectivity index (χ1v) is 5.22. The number of carbonyl (C=O) groups is 1. The summed E-state index contributed by atoms with van der Waals surface area (Å²) in [6, 6.07) is 6.15. The number of methoxy groups -OCH3 is 1. The van der Waals surface area contributed by atoms with Gasteiger partial charge in [0.05, 0.1) is 13.7 Å². The van der Waals surface area contributed by atoms with Crippen LogP contribution >= 0.6 is 0 Å². The predicted octanol–water partition coefficient (Wildman–Crippen LogP) is 1.63. The molecule has 0 radical (unpaired) electrons. The Morgan fingerprint density at radius 1 is 1.41 bits per heavy atom. The van der Waals surface area contributed by atoms with Gasteiger partial charge in [-0.2, -0.15) is 0 Å². The van der Waals surface area contributed by atoms with Gasteiger partial charge in [0.1, 0.15) is 11.9 Å². The maximum absolute atomic E-state index is 13.5. The van der Waals surface area contributed by atoms with E-state index in [4.69, 9.17) is 4.74 Å². The highest BCUT2D eigenvalue weighted by molar-refractivity contribution is 5.75. The maximum atomic E-state index is 13.5. The Morgan fingerprint density at radius 3 is 2.47 bits per heavy atom. The fourth-order valence-electron chi connectivity index (χ4n) is 1.32. The summed E-state index contributed by atoms with van der Waals surface area (Å²) in [6.07, 6.45) is -3.61. The third-order valence-corrected chi connectivity index (χ3v) is 2.25. The smallest absolute Gasteiger partial charge is 0.343 e. The summed E-state index contributed by atoms with van der Waals surface area (Å²) in [7, 11) is 1.50. The third-order valence-electron chi connectivity index (χ3n) is 2.25. The second-order valence-electron chi connectivity index (χ2n) is 3.37. The van der Waals surface area contributed by atoms with Gasteiger partial charge in [-0.15, -0.1) is 0 Å². The highest BCUT2D eigenvalue weighted by Gasteiger charge is 2.28. The molecule has 0 spiro atoms. The summed E-state index contributed by atoms with van der Waals surface area (Å²) in [4.78, 5) is 11.1. The van der Waals surface area contributed by atoms with Gasteiger partial charge in [0, 0.05) is 0 Å². The van der Waals surface area contributed by atoms with E-state index in [0.717, 1.165) is 0 Å². The lowest BCUT2D eigenvalue weighted by atomic mass is 10.1. The van der Waals surface area contributed by atoms with Gasteiger partial charge < -0.3 is 14.6 Å². The number of ether oxygens (including phenoxy) is 2. The topological polar surface area (TPSA) is 55.8 Å². The zero-order chi connectivity index (χ0) is 12.8. The maximum Gasteiger partial charge on any atom is 0.343 e. The second-order valence-corrected chi connectivity index (χ2v) is 3.37. The minimum Gasteiger partial charge on any atom is -0.497 e. The molecule has 0 saturated heterocycles. The molecule has 2 atom stereocenters. The SMILES string of the molecule is CCOC(=O)[C@H](F)[C@H](O)c1ccc(OC)cc1. The van der Waals surface area contributed by atoms with Crippen molar-refractivity contribution in [3.05, 3.63) is 29.8 Å². The van der Waals surface area contributed by atoms with Gasteiger partial charge in [-0.3, -0.25) is 0 Å². The zero-order valence-corrected chi connectivity index (χ0v) is 9.72. The third kappa shape index (κ3) is 3.42. The van der Waals surface area contributed by atoms with E-state index < -0.39 is 18.2 Å². The van der Waals surface area contributed by atoms with Crippen molar-refractivity contribution in [1.29, 1.82) is 0 Å². The van der Waals surface area contributed by atoms with Crippen LogP contribution in [0.15, 0.2) is 24.3 Å². The summed E-state index contributed by atoms with van der Waals surface area (Å²) >= 11 is 0. The van der Waals surface area contributed by atoms with E-state index in [1.807, 2.05) is 0 Å². The number of hydrogen-bond acceptors (Lipinski definition) is 4. The van der Waals surface area contributed by atoms with Crippen LogP contribution in [0.4, 0.5) is 4.39 Å². The molecule has 1 aromatic carbocycles. The van der Waals surface area contributed by atoms with Crippen LogP contribution in [-0.4, -0.2) is 31.0 Å². The average Bonchev–Trinajstić information content (AvgIpc) is 2.37. The van der Waals surface area contributed by atoms with E-state index in [1.165, 1.54) is 19.2 Å². The van der Waals surface area contributed by atoms with Crippen molar-refractivity contribution in [3.8, 4) is 5.75 Å². The van der Waals surface area contributed by atoms with Crippen molar-refractivity contribution in [2.75, 3.05) is 13.7 Å². The zero-order valence-electron chi connectivity index (χ0n) is 9.72. The van der Waals surface area contributed by atoms with Crippen molar-refractivity contribution >= 4 is 5.97 Å². The molecular formula is C12H15FO4. The van der Waals surface area contributed by atoms with Gasteiger partial charge in [0.2, 0.25) is 6.17 Å². The fraction of sp³-hybridized carbons (Fsp3) is 0.417. The van der Waals surface area contributed by atoms with Crippen LogP contribution in [0.1, 0.15) is 18.6 Å². The molecule has 0 saturated carbocycles. The largest absolute Gasteiger partial charge is 0.497 e. The average molecular weight is 242 g/mol. The van der Waals surface area contributed by atoms with E-state index in [-0.39, 0.29) is 6.61 Å². The first-order valence-electron chi connectivity index (χ1n) is 5.22. The van der Waals surface area contributed by atoms with E-state index >= 15 is 0 Å². The molecule has 0 amide bonds. The first-order chi connectivity index (χ1) is 8.10. The van der Waals surface area contributed by atoms with Crippen LogP contribution in [0.5, 0.6) is 5.75 Å². The molecule has 0 bridgehead atoms. The van der Waals surface area contributed by atoms with Crippen LogP contribution in [0.25, 0.3) is 0 Å². The Bertz CT molecular complexity index is 363. The Kier molecular flexibility index (Phi) is 4.90. The van der Waals surface area contributed by atoms with Gasteiger partial charge in [0.25, 0.3) is 0 Å². The minimum atomic E-state index is -2.08. The Hall–Kier alpha value is -1.62. The highest BCUT2D eigenvalue weighted by atomic mass is 19.1. The van der Waals surface area contributed by atoms with E-state index in [0.29, 0.717) is 11.3 Å². The molecule has 0 aliphatic rings. The standard InChI is InChI=1S/C12H15FO4/c1-3-17-12(15)10(13)11(14)8-4-6-9(16-2)7-5-8/h4-7,10-11,14H,3H2,1-2H3/t10-,11-/m1/s1. The molecule has 0 aliphatic heterocycles. The number of alkyl halides is 1. The van der Waals surface area contributed by atoms with Crippen LogP contribution in [0.2, 0.25) is 0 Å². The summed E-state index contributed by atoms with van der Waals surface area (Å²) in [5.74, 6) is -0.469. The normalized spacial score (nSPS) is 13.9. The lowest BCUT2D eigenvalue weighted by molar-refractivity contribution is -0.153. The molecule has 1 N–H and O–H groups in total. The van der Waals surface area contributed by atoms with Crippen LogP contribution in [0.3, 0.4) is 0 Å². The number of aliphatic hydroxyl groups is 1. The van der Waals surface area contributed by atoms with E-state index in [1.54, 1.807) is 19.1 Å². The predicted molar refractivity (Wildman–Crippen MR) is 59.5 cm³/mol. The lowest BCUT2D eigenvalue weighted by Crippen LogP contribution is -2.26. The molecule has 4 nitrogen and oxygen atoms in total. The molecular weight excluding hydrogens is 227 g/mol. The number of esters is 1. The van der Waals surface area contributed by atoms with Crippen molar-refractivity contribution in [1.82, 2.24) is 0 Å². The molecule has 0 heterocycles. The van der Waals surface area contributed by atoms with Crippen molar-refractivity contribution < 1.29 is 23.8 Å². The lowest BCUT2D eigenvalue weighted by Gasteiger charge is -2.15. The number of carbonyl (C=O) groups excluding carboxylic acids is 1. The Morgan fingerprint density at radius 2 is 2.00 bits per heavy atom. The summed E-state index contributed by atoms with van der Waals surface area (Å²) in [6.45, 7) is 1.65. The van der Waals surface area contributed by atoms with Crippen LogP contribution in [-0.2, 0) is 9.53 Å². The molecule has 0 unspecified atom stereocenters. The van der Waals surface area contributed by atoms with Gasteiger partial charge in [-0.1, -0.05) is 12.1 Å². The van der Waals surface area contributed by atoms with E-state index in [2.05, 4.69) is 4.74 Å². The Balaban J connectivity index is 2.73. The van der Waals surface area contributed by atoms with Gasteiger partial charge in [0.15, 0.2) is 0 Å². The summed E-state index contributed by atoms with van der Waals surface area (Å²) in [5.41, 5.74) is 0.298. The van der Waals surface area contributed by atoms with Crippen molar-refractivity contribution in [2.45, 2.75) is 19.2 Å². The minimum absolute atomic E-state index is 0.0780. The number of benzene rings is 1. The van der Waals surface area contributed by atoms with Crippen LogP contribution < -0.4 is 4.74 Å². The molecule has 0 fully saturated rings. The van der Waals surface area contributed by atoms with E-state index in [9.17, 15) is 14.3 Å². The Labute approximate surface area is 99.0 Å². The molecule has 0 aliphatic carbocycles. The number of halogens is 1. The van der Waals surface area contributed by atoms with Gasteiger partial charge >= 0.3 is 5.97 Å². The monoisotopic (exact) mass is 242 g/mol. The van der Waals surface area contributed by atoms with Gasteiger partial charge in [-0.25, -0.2) is 9.18 Å². The first kappa shape index (κ1) is 13.4. The summed E-state index contributed by atoms with van der Waals surface area (Å²) < 4.78 is 22.9. The second kappa shape index (κ2) is 6.20. The van der Waals surface area contributed by atoms with Crippen molar-refractivity contribution in [2.24, 2.45) is 0 Å². The number of rotatable bonds is 5. The molecule has 5 heteroatoms. The van der Waals surface area contributed by atoms with Gasteiger partial charge in [-0.05, 0) is 24.6 Å². The number of aliphatic hydroxyl groups excluding tert-OH is 1. The molecule has 1 rings (SSSR count). The van der Waals surface area contributed by atoms with Crippen LogP contribution in [0, 0.1) is 0 Å².